The van der Waals surface area contributed by atoms with Crippen LogP contribution in [0.1, 0.15) is 70.2 Å². The average molecular weight is 687 g/mol. The van der Waals surface area contributed by atoms with E-state index in [9.17, 15) is 0 Å². The first-order valence-corrected chi connectivity index (χ1v) is 21.7. The second-order valence-corrected chi connectivity index (χ2v) is 18.7. The standard InChI is InChI=1S/C48H48P2/c1-35-31-37-19-15-17-29-43(37)47(45(35)33-49(39-21-7-3-8-22-39)40-23-9-4-10-24-40)48-44-30-18-16-20-38(44)32-36(2)46(48)34-50(41-25-11-5-12-26-41)42-27-13-6-14-28-42/h3-14,21-28,31-32H,15-20,29-30,33-34H2,1-2H3. The molecule has 0 heterocycles. The van der Waals surface area contributed by atoms with E-state index in [0.717, 1.165) is 12.3 Å². The number of aryl methyl sites for hydroxylation is 4. The summed E-state index contributed by atoms with van der Waals surface area (Å²) in [6, 6.07) is 50.7. The molecule has 6 aromatic carbocycles. The summed E-state index contributed by atoms with van der Waals surface area (Å²) in [6.07, 6.45) is 12.1. The molecule has 0 bridgehead atoms. The predicted molar refractivity (Wildman–Crippen MR) is 220 cm³/mol. The number of hydrogen-bond acceptors (Lipinski definition) is 0. The fourth-order valence-corrected chi connectivity index (χ4v) is 13.5. The Morgan fingerprint density at radius 2 is 0.700 bits per heavy atom. The number of fused-ring (bicyclic) bond motifs is 2. The van der Waals surface area contributed by atoms with E-state index in [-0.39, 0.29) is 0 Å². The second kappa shape index (κ2) is 15.2. The van der Waals surface area contributed by atoms with Crippen LogP contribution < -0.4 is 21.2 Å². The molecule has 2 heteroatoms. The lowest BCUT2D eigenvalue weighted by Gasteiger charge is -2.33. The SMILES string of the molecule is Cc1cc2c(c(-c3c(CP(c4ccccc4)c4ccccc4)c(C)cc4c3CCCC4)c1CP(c1ccccc1)c1ccccc1)CCCC2. The van der Waals surface area contributed by atoms with Gasteiger partial charge < -0.3 is 0 Å². The Hall–Kier alpha value is -3.82. The number of benzene rings is 6. The van der Waals surface area contributed by atoms with Gasteiger partial charge in [-0.25, -0.2) is 0 Å². The smallest absolute Gasteiger partial charge is 0.00163 e. The predicted octanol–water partition coefficient (Wildman–Crippen LogP) is 11.0. The minimum absolute atomic E-state index is 0.577. The zero-order valence-electron chi connectivity index (χ0n) is 29.7. The van der Waals surface area contributed by atoms with Crippen molar-refractivity contribution >= 4 is 37.1 Å². The van der Waals surface area contributed by atoms with Crippen molar-refractivity contribution in [2.75, 3.05) is 0 Å². The Labute approximate surface area is 302 Å². The first kappa shape index (κ1) is 33.3. The molecule has 0 aromatic heterocycles. The highest BCUT2D eigenvalue weighted by atomic mass is 31.1. The van der Waals surface area contributed by atoms with Gasteiger partial charge in [0.15, 0.2) is 0 Å². The molecule has 2 aliphatic carbocycles. The number of rotatable bonds is 9. The van der Waals surface area contributed by atoms with Crippen LogP contribution in [0.4, 0.5) is 0 Å². The van der Waals surface area contributed by atoms with E-state index < -0.39 is 15.8 Å². The average Bonchev–Trinajstić information content (AvgIpc) is 3.17. The minimum Gasteiger partial charge on any atom is -0.0622 e. The molecule has 0 radical (unpaired) electrons. The lowest BCUT2D eigenvalue weighted by atomic mass is 9.76. The van der Waals surface area contributed by atoms with Gasteiger partial charge in [-0.05, 0) is 158 Å². The molecule has 6 aromatic rings. The van der Waals surface area contributed by atoms with Crippen molar-refractivity contribution in [3.8, 4) is 11.1 Å². The summed E-state index contributed by atoms with van der Waals surface area (Å²) in [5.74, 6) is 0. The molecule has 0 N–H and O–H groups in total. The highest BCUT2D eigenvalue weighted by molar-refractivity contribution is 7.72. The summed E-state index contributed by atoms with van der Waals surface area (Å²) < 4.78 is 0. The van der Waals surface area contributed by atoms with E-state index in [0.29, 0.717) is 0 Å². The zero-order chi connectivity index (χ0) is 33.9. The summed E-state index contributed by atoms with van der Waals surface area (Å²) in [4.78, 5) is 0. The first-order valence-electron chi connectivity index (χ1n) is 18.7. The van der Waals surface area contributed by atoms with Crippen LogP contribution >= 0.6 is 15.8 Å². The molecule has 50 heavy (non-hydrogen) atoms. The van der Waals surface area contributed by atoms with E-state index in [2.05, 4.69) is 147 Å². The third kappa shape index (κ3) is 6.79. The van der Waals surface area contributed by atoms with Gasteiger partial charge in [0.1, 0.15) is 0 Å². The molecule has 0 atom stereocenters. The van der Waals surface area contributed by atoms with Gasteiger partial charge in [0.05, 0.1) is 0 Å². The van der Waals surface area contributed by atoms with Crippen LogP contribution in [0.3, 0.4) is 0 Å². The van der Waals surface area contributed by atoms with Crippen LogP contribution in [0.5, 0.6) is 0 Å². The summed E-state index contributed by atoms with van der Waals surface area (Å²) in [5, 5.41) is 5.89. The maximum absolute atomic E-state index is 2.60. The van der Waals surface area contributed by atoms with Crippen molar-refractivity contribution in [1.29, 1.82) is 0 Å². The second-order valence-electron chi connectivity index (χ2n) is 14.3. The van der Waals surface area contributed by atoms with Crippen molar-refractivity contribution in [1.82, 2.24) is 0 Å². The lowest BCUT2D eigenvalue weighted by Crippen LogP contribution is -2.18. The molecule has 0 saturated carbocycles. The van der Waals surface area contributed by atoms with E-state index in [4.69, 9.17) is 0 Å². The van der Waals surface area contributed by atoms with Crippen molar-refractivity contribution in [3.63, 3.8) is 0 Å². The van der Waals surface area contributed by atoms with Gasteiger partial charge in [0, 0.05) is 12.3 Å². The Morgan fingerprint density at radius 1 is 0.400 bits per heavy atom. The molecular formula is C48H48P2. The van der Waals surface area contributed by atoms with E-state index in [1.165, 1.54) is 83.7 Å². The molecule has 250 valence electrons. The zero-order valence-corrected chi connectivity index (χ0v) is 31.5. The summed E-state index contributed by atoms with van der Waals surface area (Å²) in [5.41, 5.74) is 16.0. The summed E-state index contributed by atoms with van der Waals surface area (Å²) >= 11 is 0. The molecule has 0 unspecified atom stereocenters. The lowest BCUT2D eigenvalue weighted by molar-refractivity contribution is 0.679. The van der Waals surface area contributed by atoms with Crippen LogP contribution in [0.2, 0.25) is 0 Å². The quantitative estimate of drug-likeness (QED) is 0.133. The Bertz CT molecular complexity index is 1840. The molecule has 0 amide bonds. The summed E-state index contributed by atoms with van der Waals surface area (Å²) in [7, 11) is -1.15. The molecule has 8 rings (SSSR count). The van der Waals surface area contributed by atoms with E-state index >= 15 is 0 Å². The van der Waals surface area contributed by atoms with Gasteiger partial charge in [-0.15, -0.1) is 0 Å². The van der Waals surface area contributed by atoms with Crippen LogP contribution in [-0.2, 0) is 38.0 Å². The van der Waals surface area contributed by atoms with Crippen LogP contribution in [-0.4, -0.2) is 0 Å². The molecule has 0 fully saturated rings. The molecule has 2 aliphatic rings. The largest absolute Gasteiger partial charge is 0.0622 e. The van der Waals surface area contributed by atoms with Crippen molar-refractivity contribution in [3.05, 3.63) is 178 Å². The van der Waals surface area contributed by atoms with Gasteiger partial charge in [-0.1, -0.05) is 133 Å². The molecule has 0 nitrogen and oxygen atoms in total. The fraction of sp³-hybridized carbons (Fsp3) is 0.250. The van der Waals surface area contributed by atoms with Crippen molar-refractivity contribution < 1.29 is 0 Å². The van der Waals surface area contributed by atoms with Gasteiger partial charge in [0.2, 0.25) is 0 Å². The van der Waals surface area contributed by atoms with Crippen LogP contribution in [0.15, 0.2) is 133 Å². The Kier molecular flexibility index (Phi) is 10.1. The fourth-order valence-electron chi connectivity index (χ4n) is 8.62. The van der Waals surface area contributed by atoms with Crippen LogP contribution in [0.25, 0.3) is 11.1 Å². The molecular weight excluding hydrogens is 638 g/mol. The first-order chi connectivity index (χ1) is 24.7. The highest BCUT2D eigenvalue weighted by Crippen LogP contribution is 2.50. The van der Waals surface area contributed by atoms with Crippen molar-refractivity contribution in [2.24, 2.45) is 0 Å². The third-order valence-electron chi connectivity index (χ3n) is 11.1. The van der Waals surface area contributed by atoms with E-state index in [1.54, 1.807) is 44.5 Å². The number of hydrogen-bond donors (Lipinski definition) is 0. The van der Waals surface area contributed by atoms with Crippen molar-refractivity contribution in [2.45, 2.75) is 77.5 Å². The third-order valence-corrected chi connectivity index (χ3v) is 16.1. The van der Waals surface area contributed by atoms with Gasteiger partial charge in [-0.3, -0.25) is 0 Å². The topological polar surface area (TPSA) is 0 Å². The van der Waals surface area contributed by atoms with Crippen LogP contribution in [0, 0.1) is 13.8 Å². The molecule has 0 aliphatic heterocycles. The molecule has 0 spiro atoms. The normalized spacial score (nSPS) is 14.1. The van der Waals surface area contributed by atoms with Gasteiger partial charge >= 0.3 is 0 Å². The van der Waals surface area contributed by atoms with E-state index in [1.807, 2.05) is 0 Å². The minimum atomic E-state index is -0.577. The monoisotopic (exact) mass is 686 g/mol. The maximum atomic E-state index is 2.60. The Morgan fingerprint density at radius 3 is 1.02 bits per heavy atom. The summed E-state index contributed by atoms with van der Waals surface area (Å²) in [6.45, 7) is 4.86. The van der Waals surface area contributed by atoms with Gasteiger partial charge in [-0.2, -0.15) is 0 Å². The molecule has 0 saturated heterocycles. The maximum Gasteiger partial charge on any atom is 0.00163 e. The van der Waals surface area contributed by atoms with Gasteiger partial charge in [0.25, 0.3) is 0 Å². The Balaban J connectivity index is 1.38. The highest BCUT2D eigenvalue weighted by Gasteiger charge is 2.30.